The molecule has 0 bridgehead atoms. The van der Waals surface area contributed by atoms with Gasteiger partial charge in [0, 0.05) is 31.6 Å². The van der Waals surface area contributed by atoms with E-state index in [-0.39, 0.29) is 12.0 Å². The number of benzene rings is 2. The third kappa shape index (κ3) is 4.44. The van der Waals surface area contributed by atoms with E-state index in [2.05, 4.69) is 77.5 Å². The number of hydrogen-bond acceptors (Lipinski definition) is 3. The second-order valence-corrected chi connectivity index (χ2v) is 7.26. The molecule has 1 saturated heterocycles. The minimum absolute atomic E-state index is 0.00168. The van der Waals surface area contributed by atoms with E-state index in [1.165, 1.54) is 11.1 Å². The molecule has 3 heteroatoms. The van der Waals surface area contributed by atoms with E-state index in [9.17, 15) is 5.11 Å². The van der Waals surface area contributed by atoms with E-state index in [4.69, 9.17) is 0 Å². The Labute approximate surface area is 145 Å². The molecule has 0 spiro atoms. The van der Waals surface area contributed by atoms with Gasteiger partial charge in [-0.3, -0.25) is 4.90 Å². The summed E-state index contributed by atoms with van der Waals surface area (Å²) in [7, 11) is 2.16. The fraction of sp³-hybridized carbons (Fsp3) is 0.429. The predicted molar refractivity (Wildman–Crippen MR) is 98.6 cm³/mol. The Morgan fingerprint density at radius 3 is 2.25 bits per heavy atom. The summed E-state index contributed by atoms with van der Waals surface area (Å²) in [5.74, 6) is 0. The topological polar surface area (TPSA) is 26.7 Å². The first-order valence-corrected chi connectivity index (χ1v) is 8.79. The van der Waals surface area contributed by atoms with Gasteiger partial charge in [0.05, 0.1) is 6.61 Å². The Kier molecular flexibility index (Phi) is 5.67. The molecule has 1 aliphatic heterocycles. The van der Waals surface area contributed by atoms with Gasteiger partial charge in [0.1, 0.15) is 0 Å². The summed E-state index contributed by atoms with van der Waals surface area (Å²) in [5.41, 5.74) is 2.68. The van der Waals surface area contributed by atoms with Crippen LogP contribution in [0.15, 0.2) is 60.7 Å². The predicted octanol–water partition coefficient (Wildman–Crippen LogP) is 3.00. The largest absolute Gasteiger partial charge is 0.396 e. The van der Waals surface area contributed by atoms with Crippen molar-refractivity contribution in [2.75, 3.05) is 33.3 Å². The van der Waals surface area contributed by atoms with E-state index >= 15 is 0 Å². The molecule has 0 aliphatic carbocycles. The van der Waals surface area contributed by atoms with Gasteiger partial charge < -0.3 is 10.0 Å². The molecule has 1 N–H and O–H groups in total. The Balaban J connectivity index is 1.57. The van der Waals surface area contributed by atoms with Crippen molar-refractivity contribution < 1.29 is 5.11 Å². The molecule has 24 heavy (non-hydrogen) atoms. The highest BCUT2D eigenvalue weighted by Gasteiger charge is 2.38. The van der Waals surface area contributed by atoms with Crippen LogP contribution >= 0.6 is 0 Å². The normalized spacial score (nSPS) is 21.5. The van der Waals surface area contributed by atoms with Crippen LogP contribution in [0, 0.1) is 5.41 Å². The zero-order valence-corrected chi connectivity index (χ0v) is 14.6. The van der Waals surface area contributed by atoms with E-state index in [1.54, 1.807) is 0 Å². The van der Waals surface area contributed by atoms with Gasteiger partial charge in [-0.2, -0.15) is 0 Å². The molecule has 2 aromatic carbocycles. The molecular formula is C21H28N2O. The van der Waals surface area contributed by atoms with Crippen LogP contribution < -0.4 is 0 Å². The van der Waals surface area contributed by atoms with Crippen LogP contribution in [0.25, 0.3) is 0 Å². The standard InChI is InChI=1S/C21H28N2O/c1-22(14-19-8-4-2-5-9-19)16-21(18-24)12-13-23(17-21)15-20-10-6-3-7-11-20/h2-11,24H,12-18H2,1H3. The van der Waals surface area contributed by atoms with Crippen molar-refractivity contribution in [2.24, 2.45) is 5.41 Å². The molecular weight excluding hydrogens is 296 g/mol. The zero-order chi connectivity index (χ0) is 16.8. The van der Waals surface area contributed by atoms with Gasteiger partial charge in [0.15, 0.2) is 0 Å². The summed E-state index contributed by atoms with van der Waals surface area (Å²) < 4.78 is 0. The average molecular weight is 324 g/mol. The molecule has 0 amide bonds. The summed E-state index contributed by atoms with van der Waals surface area (Å²) >= 11 is 0. The summed E-state index contributed by atoms with van der Waals surface area (Å²) in [6.07, 6.45) is 1.06. The van der Waals surface area contributed by atoms with Crippen LogP contribution in [-0.2, 0) is 13.1 Å². The van der Waals surface area contributed by atoms with Gasteiger partial charge >= 0.3 is 0 Å². The molecule has 3 nitrogen and oxygen atoms in total. The maximum Gasteiger partial charge on any atom is 0.0512 e. The fourth-order valence-electron chi connectivity index (χ4n) is 3.84. The minimum Gasteiger partial charge on any atom is -0.396 e. The first-order chi connectivity index (χ1) is 11.7. The Morgan fingerprint density at radius 2 is 1.62 bits per heavy atom. The van der Waals surface area contributed by atoms with E-state index in [0.717, 1.165) is 39.1 Å². The lowest BCUT2D eigenvalue weighted by molar-refractivity contribution is 0.0854. The fourth-order valence-corrected chi connectivity index (χ4v) is 3.84. The van der Waals surface area contributed by atoms with Crippen molar-refractivity contribution in [3.63, 3.8) is 0 Å². The summed E-state index contributed by atoms with van der Waals surface area (Å²) in [5, 5.41) is 10.1. The first-order valence-electron chi connectivity index (χ1n) is 8.79. The van der Waals surface area contributed by atoms with Crippen LogP contribution in [0.4, 0.5) is 0 Å². The summed E-state index contributed by atoms with van der Waals surface area (Å²) in [6, 6.07) is 21.2. The lowest BCUT2D eigenvalue weighted by atomic mass is 9.87. The van der Waals surface area contributed by atoms with Gasteiger partial charge in [-0.15, -0.1) is 0 Å². The monoisotopic (exact) mass is 324 g/mol. The first kappa shape index (κ1) is 17.2. The highest BCUT2D eigenvalue weighted by atomic mass is 16.3. The molecule has 2 aromatic rings. The third-order valence-corrected chi connectivity index (χ3v) is 5.00. The highest BCUT2D eigenvalue weighted by molar-refractivity contribution is 5.15. The van der Waals surface area contributed by atoms with Gasteiger partial charge in [-0.1, -0.05) is 60.7 Å². The number of rotatable bonds is 7. The van der Waals surface area contributed by atoms with Crippen LogP contribution in [0.5, 0.6) is 0 Å². The van der Waals surface area contributed by atoms with Crippen LogP contribution in [-0.4, -0.2) is 48.2 Å². The maximum atomic E-state index is 10.1. The van der Waals surface area contributed by atoms with Crippen LogP contribution in [0.2, 0.25) is 0 Å². The molecule has 1 aliphatic rings. The van der Waals surface area contributed by atoms with Gasteiger partial charge in [-0.25, -0.2) is 0 Å². The van der Waals surface area contributed by atoms with Crippen LogP contribution in [0.1, 0.15) is 17.5 Å². The van der Waals surface area contributed by atoms with Crippen LogP contribution in [0.3, 0.4) is 0 Å². The molecule has 1 atom stereocenters. The van der Waals surface area contributed by atoms with E-state index in [0.29, 0.717) is 0 Å². The van der Waals surface area contributed by atoms with Gasteiger partial charge in [-0.05, 0) is 31.1 Å². The summed E-state index contributed by atoms with van der Waals surface area (Å²) in [6.45, 7) is 5.14. The molecule has 1 unspecified atom stereocenters. The molecule has 128 valence electrons. The van der Waals surface area contributed by atoms with Crippen molar-refractivity contribution in [2.45, 2.75) is 19.5 Å². The molecule has 1 heterocycles. The maximum absolute atomic E-state index is 10.1. The lowest BCUT2D eigenvalue weighted by Crippen LogP contribution is -2.40. The SMILES string of the molecule is CN(Cc1ccccc1)CC1(CO)CCN(Cc2ccccc2)C1. The zero-order valence-electron chi connectivity index (χ0n) is 14.6. The van der Waals surface area contributed by atoms with Crippen molar-refractivity contribution in [1.82, 2.24) is 9.80 Å². The third-order valence-electron chi connectivity index (χ3n) is 5.00. The van der Waals surface area contributed by atoms with Crippen molar-refractivity contribution >= 4 is 0 Å². The highest BCUT2D eigenvalue weighted by Crippen LogP contribution is 2.32. The second kappa shape index (κ2) is 7.93. The van der Waals surface area contributed by atoms with Crippen molar-refractivity contribution in [1.29, 1.82) is 0 Å². The van der Waals surface area contributed by atoms with E-state index in [1.807, 2.05) is 0 Å². The van der Waals surface area contributed by atoms with Crippen molar-refractivity contribution in [3.05, 3.63) is 71.8 Å². The number of likely N-dealkylation sites (tertiary alicyclic amines) is 1. The Hall–Kier alpha value is -1.68. The molecule has 0 aromatic heterocycles. The van der Waals surface area contributed by atoms with Gasteiger partial charge in [0.25, 0.3) is 0 Å². The lowest BCUT2D eigenvalue weighted by Gasteiger charge is -2.32. The molecule has 3 rings (SSSR count). The van der Waals surface area contributed by atoms with E-state index < -0.39 is 0 Å². The average Bonchev–Trinajstić information content (AvgIpc) is 2.99. The summed E-state index contributed by atoms with van der Waals surface area (Å²) in [4.78, 5) is 4.82. The Bertz CT molecular complexity index is 616. The molecule has 0 radical (unpaired) electrons. The number of nitrogens with zero attached hydrogens (tertiary/aromatic N) is 2. The smallest absolute Gasteiger partial charge is 0.0512 e. The number of hydrogen-bond donors (Lipinski definition) is 1. The minimum atomic E-state index is -0.00168. The Morgan fingerprint density at radius 1 is 1.00 bits per heavy atom. The van der Waals surface area contributed by atoms with Crippen molar-refractivity contribution in [3.8, 4) is 0 Å². The number of aliphatic hydroxyl groups excluding tert-OH is 1. The number of aliphatic hydroxyl groups is 1. The van der Waals surface area contributed by atoms with Gasteiger partial charge in [0.2, 0.25) is 0 Å². The second-order valence-electron chi connectivity index (χ2n) is 7.26. The molecule has 1 fully saturated rings. The molecule has 0 saturated carbocycles. The quantitative estimate of drug-likeness (QED) is 0.848.